The van der Waals surface area contributed by atoms with Crippen LogP contribution in [0.1, 0.15) is 22.3 Å². The molecule has 12 aromatic rings. The van der Waals surface area contributed by atoms with E-state index in [0.717, 1.165) is 44.4 Å². The molecule has 13 rings (SSSR count). The number of anilines is 3. The predicted octanol–water partition coefficient (Wildman–Crippen LogP) is 13.9. The van der Waals surface area contributed by atoms with Crippen molar-refractivity contribution in [1.29, 1.82) is 0 Å². The summed E-state index contributed by atoms with van der Waals surface area (Å²) in [5, 5.41) is 9.85. The molecule has 2 nitrogen and oxygen atoms in total. The Morgan fingerprint density at radius 3 is 1.50 bits per heavy atom. The summed E-state index contributed by atoms with van der Waals surface area (Å²) < 4.78 is 6.72. The number of hydrogen-bond acceptors (Lipinski definition) is 2. The zero-order valence-electron chi connectivity index (χ0n) is 37.3. The van der Waals surface area contributed by atoms with E-state index in [1.807, 2.05) is 0 Å². The summed E-state index contributed by atoms with van der Waals surface area (Å²) >= 11 is 0. The van der Waals surface area contributed by atoms with Crippen LogP contribution in [0, 0.1) is 0 Å². The molecule has 1 heterocycles. The summed E-state index contributed by atoms with van der Waals surface area (Å²) in [6, 6.07) is 101. The first-order chi connectivity index (χ1) is 33.7. The predicted molar refractivity (Wildman–Crippen MR) is 287 cm³/mol. The number of rotatable bonds is 9. The van der Waals surface area contributed by atoms with E-state index in [0.29, 0.717) is 0 Å². The first-order valence-corrected chi connectivity index (χ1v) is 25.5. The molecule has 1 aliphatic rings. The van der Waals surface area contributed by atoms with E-state index in [1.54, 1.807) is 0 Å². The first-order valence-electron chi connectivity index (χ1n) is 23.5. The van der Waals surface area contributed by atoms with Crippen LogP contribution in [-0.2, 0) is 5.41 Å². The van der Waals surface area contributed by atoms with Gasteiger partial charge in [-0.15, -0.1) is 0 Å². The molecular formula is C65H45NOSi. The third-order valence-corrected chi connectivity index (χ3v) is 19.3. The number of nitrogens with zero attached hydrogens (tertiary/aromatic N) is 1. The van der Waals surface area contributed by atoms with Gasteiger partial charge in [0, 0.05) is 33.1 Å². The minimum atomic E-state index is -2.79. The van der Waals surface area contributed by atoms with E-state index < -0.39 is 13.5 Å². The van der Waals surface area contributed by atoms with Crippen molar-refractivity contribution in [3.63, 3.8) is 0 Å². The second-order valence-electron chi connectivity index (χ2n) is 17.9. The topological polar surface area (TPSA) is 16.4 Å². The Bertz CT molecular complexity index is 3640. The fourth-order valence-electron chi connectivity index (χ4n) is 11.6. The minimum absolute atomic E-state index is 0.544. The Kier molecular flexibility index (Phi) is 9.45. The molecule has 0 aliphatic heterocycles. The molecular weight excluding hydrogens is 839 g/mol. The minimum Gasteiger partial charge on any atom is -0.455 e. The lowest BCUT2D eigenvalue weighted by Gasteiger charge is -2.35. The van der Waals surface area contributed by atoms with Crippen molar-refractivity contribution >= 4 is 78.6 Å². The Hall–Kier alpha value is -8.50. The van der Waals surface area contributed by atoms with Crippen LogP contribution in [0.3, 0.4) is 0 Å². The van der Waals surface area contributed by atoms with Gasteiger partial charge >= 0.3 is 0 Å². The van der Waals surface area contributed by atoms with E-state index in [4.69, 9.17) is 4.42 Å². The molecule has 3 heteroatoms. The normalized spacial score (nSPS) is 12.8. The Labute approximate surface area is 397 Å². The van der Waals surface area contributed by atoms with Crippen LogP contribution in [0.15, 0.2) is 277 Å². The molecule has 68 heavy (non-hydrogen) atoms. The second-order valence-corrected chi connectivity index (χ2v) is 21.7. The summed E-state index contributed by atoms with van der Waals surface area (Å²) in [6.45, 7) is 0. The summed E-state index contributed by atoms with van der Waals surface area (Å²) in [6.07, 6.45) is 0. The SMILES string of the molecule is c1ccc(C2(c3ccccc3)c3ccccc3-c3c(N(c4ccc([Si](c5ccccc5)(c5ccccc5)c5ccccc5)cc4)c4ccc5oc6c7ccccc7ccc6c5c4)cccc32)cc1. The Morgan fingerprint density at radius 1 is 0.353 bits per heavy atom. The molecule has 0 unspecified atom stereocenters. The monoisotopic (exact) mass is 883 g/mol. The van der Waals surface area contributed by atoms with Crippen molar-refractivity contribution in [2.45, 2.75) is 5.41 Å². The maximum absolute atomic E-state index is 6.72. The maximum Gasteiger partial charge on any atom is 0.179 e. The van der Waals surface area contributed by atoms with Gasteiger partial charge in [-0.05, 0) is 96.4 Å². The van der Waals surface area contributed by atoms with Crippen molar-refractivity contribution in [3.8, 4) is 11.1 Å². The van der Waals surface area contributed by atoms with Gasteiger partial charge in [0.2, 0.25) is 0 Å². The highest BCUT2D eigenvalue weighted by atomic mass is 28.3. The van der Waals surface area contributed by atoms with Crippen molar-refractivity contribution in [3.05, 3.63) is 295 Å². The summed E-state index contributed by atoms with van der Waals surface area (Å²) in [4.78, 5) is 2.49. The summed E-state index contributed by atoms with van der Waals surface area (Å²) in [5.74, 6) is 0. The van der Waals surface area contributed by atoms with Crippen LogP contribution in [0.2, 0.25) is 0 Å². The number of benzene rings is 11. The van der Waals surface area contributed by atoms with Crippen molar-refractivity contribution < 1.29 is 4.42 Å². The molecule has 0 saturated heterocycles. The van der Waals surface area contributed by atoms with E-state index >= 15 is 0 Å². The van der Waals surface area contributed by atoms with Crippen LogP contribution in [0.25, 0.3) is 43.8 Å². The molecule has 0 radical (unpaired) electrons. The van der Waals surface area contributed by atoms with Gasteiger partial charge in [-0.25, -0.2) is 0 Å². The molecule has 0 fully saturated rings. The Balaban J connectivity index is 1.08. The highest BCUT2D eigenvalue weighted by molar-refractivity contribution is 7.19. The molecule has 0 N–H and O–H groups in total. The van der Waals surface area contributed by atoms with Crippen LogP contribution < -0.4 is 25.6 Å². The fourth-order valence-corrected chi connectivity index (χ4v) is 16.4. The molecule has 0 spiro atoms. The van der Waals surface area contributed by atoms with Gasteiger partial charge in [-0.2, -0.15) is 0 Å². The van der Waals surface area contributed by atoms with Gasteiger partial charge < -0.3 is 9.32 Å². The van der Waals surface area contributed by atoms with Gasteiger partial charge in [0.05, 0.1) is 11.1 Å². The fraction of sp³-hybridized carbons (Fsp3) is 0.0154. The lowest BCUT2D eigenvalue weighted by molar-refractivity contribution is 0.672. The molecule has 0 bridgehead atoms. The highest BCUT2D eigenvalue weighted by Gasteiger charge is 2.47. The average Bonchev–Trinajstić information content (AvgIpc) is 3.95. The number of fused-ring (bicyclic) bond motifs is 8. The van der Waals surface area contributed by atoms with E-state index in [2.05, 4.69) is 278 Å². The van der Waals surface area contributed by atoms with Gasteiger partial charge in [-0.1, -0.05) is 231 Å². The zero-order chi connectivity index (χ0) is 45.1. The van der Waals surface area contributed by atoms with E-state index in [-0.39, 0.29) is 0 Å². The third-order valence-electron chi connectivity index (χ3n) is 14.5. The average molecular weight is 884 g/mol. The summed E-state index contributed by atoms with van der Waals surface area (Å²) in [5.41, 5.74) is 12.0. The number of furan rings is 1. The first kappa shape index (κ1) is 39.8. The smallest absolute Gasteiger partial charge is 0.179 e. The molecule has 11 aromatic carbocycles. The highest BCUT2D eigenvalue weighted by Crippen LogP contribution is 2.59. The Morgan fingerprint density at radius 2 is 0.868 bits per heavy atom. The number of hydrogen-bond donors (Lipinski definition) is 0. The van der Waals surface area contributed by atoms with Gasteiger partial charge in [0.1, 0.15) is 11.2 Å². The van der Waals surface area contributed by atoms with Crippen molar-refractivity contribution in [2.24, 2.45) is 0 Å². The van der Waals surface area contributed by atoms with Crippen molar-refractivity contribution in [1.82, 2.24) is 0 Å². The second kappa shape index (κ2) is 16.1. The molecule has 0 amide bonds. The molecule has 320 valence electrons. The van der Waals surface area contributed by atoms with Gasteiger partial charge in [0.25, 0.3) is 0 Å². The zero-order valence-corrected chi connectivity index (χ0v) is 38.3. The lowest BCUT2D eigenvalue weighted by atomic mass is 9.68. The van der Waals surface area contributed by atoms with Crippen LogP contribution in [0.5, 0.6) is 0 Å². The third kappa shape index (κ3) is 5.96. The maximum atomic E-state index is 6.72. The lowest BCUT2D eigenvalue weighted by Crippen LogP contribution is -2.74. The van der Waals surface area contributed by atoms with E-state index in [9.17, 15) is 0 Å². The van der Waals surface area contributed by atoms with Crippen molar-refractivity contribution in [2.75, 3.05) is 4.90 Å². The molecule has 0 saturated carbocycles. The molecule has 0 atom stereocenters. The van der Waals surface area contributed by atoms with Crippen LogP contribution in [-0.4, -0.2) is 8.07 Å². The van der Waals surface area contributed by atoms with Crippen LogP contribution in [0.4, 0.5) is 17.1 Å². The summed E-state index contributed by atoms with van der Waals surface area (Å²) in [7, 11) is -2.79. The van der Waals surface area contributed by atoms with Crippen LogP contribution >= 0.6 is 0 Å². The standard InChI is InChI=1S/C65H45NOSi/c1-6-22-47(23-7-1)65(48-24-8-2-9-25-48)59-34-19-18-33-57(59)63-60(65)35-20-36-61(63)66(50-40-44-62-58(45-50)56-43-37-46-21-16-17-32-55(46)64(56)67-62)49-38-41-54(42-39-49)68(51-26-10-3-11-27-51,52-28-12-4-13-29-52)53-30-14-5-15-31-53/h1-45H. The quantitative estimate of drug-likeness (QED) is 0.106. The largest absolute Gasteiger partial charge is 0.455 e. The van der Waals surface area contributed by atoms with Gasteiger partial charge in [-0.3, -0.25) is 0 Å². The van der Waals surface area contributed by atoms with Gasteiger partial charge in [0.15, 0.2) is 8.07 Å². The molecule has 1 aromatic heterocycles. The molecule has 1 aliphatic carbocycles. The van der Waals surface area contributed by atoms with E-state index in [1.165, 1.54) is 59.5 Å².